The molecule has 21 heavy (non-hydrogen) atoms. The van der Waals surface area contributed by atoms with Crippen LogP contribution in [0.4, 0.5) is 0 Å². The molecule has 1 N–H and O–H groups in total. The van der Waals surface area contributed by atoms with Crippen molar-refractivity contribution >= 4 is 21.6 Å². The number of hydrogen-bond donors (Lipinski definition) is 1. The Balaban J connectivity index is 2.37. The molecular weight excluding hydrogens is 284 g/mol. The summed E-state index contributed by atoms with van der Waals surface area (Å²) >= 11 is 1.59. The minimum atomic E-state index is -0.0775. The van der Waals surface area contributed by atoms with Crippen molar-refractivity contribution in [3.05, 3.63) is 45.3 Å². The molecular formula is C16H16N2O2S. The molecule has 0 saturated carbocycles. The standard InChI is InChI=1S/C16H16N2O2S/c1-4-12-13(10-6-5-7-11(8-10)20-3)14-15(19)17-9(2)18-16(14)21-12/h5-8H,4H2,1-3H3,(H,17,18,19). The van der Waals surface area contributed by atoms with E-state index in [1.165, 1.54) is 4.88 Å². The summed E-state index contributed by atoms with van der Waals surface area (Å²) in [7, 11) is 1.64. The SMILES string of the molecule is CCc1sc2nc(C)[nH]c(=O)c2c1-c1cccc(OC)c1. The summed E-state index contributed by atoms with van der Waals surface area (Å²) in [6, 6.07) is 7.80. The summed E-state index contributed by atoms with van der Waals surface area (Å²) in [6.45, 7) is 3.90. The Kier molecular flexibility index (Phi) is 3.51. The number of H-pyrrole nitrogens is 1. The quantitative estimate of drug-likeness (QED) is 0.805. The zero-order valence-electron chi connectivity index (χ0n) is 12.2. The topological polar surface area (TPSA) is 55.0 Å². The molecule has 0 aliphatic carbocycles. The van der Waals surface area contributed by atoms with Crippen LogP contribution in [0.15, 0.2) is 29.1 Å². The Morgan fingerprint density at radius 2 is 2.19 bits per heavy atom. The lowest BCUT2D eigenvalue weighted by Crippen LogP contribution is -2.09. The summed E-state index contributed by atoms with van der Waals surface area (Å²) < 4.78 is 5.29. The van der Waals surface area contributed by atoms with Gasteiger partial charge in [0.2, 0.25) is 0 Å². The summed E-state index contributed by atoms with van der Waals surface area (Å²) in [5.74, 6) is 1.43. The van der Waals surface area contributed by atoms with Crippen molar-refractivity contribution in [3.63, 3.8) is 0 Å². The van der Waals surface area contributed by atoms with Gasteiger partial charge in [-0.15, -0.1) is 11.3 Å². The van der Waals surface area contributed by atoms with E-state index in [0.717, 1.165) is 28.1 Å². The van der Waals surface area contributed by atoms with Gasteiger partial charge < -0.3 is 9.72 Å². The molecule has 2 heterocycles. The van der Waals surface area contributed by atoms with E-state index in [1.54, 1.807) is 25.4 Å². The van der Waals surface area contributed by atoms with Crippen LogP contribution in [0.2, 0.25) is 0 Å². The third kappa shape index (κ3) is 2.34. The summed E-state index contributed by atoms with van der Waals surface area (Å²) in [4.78, 5) is 21.6. The van der Waals surface area contributed by atoms with Crippen LogP contribution in [0.3, 0.4) is 0 Å². The van der Waals surface area contributed by atoms with Crippen molar-refractivity contribution in [2.24, 2.45) is 0 Å². The second kappa shape index (κ2) is 5.33. The lowest BCUT2D eigenvalue weighted by atomic mass is 10.0. The number of nitrogens with zero attached hydrogens (tertiary/aromatic N) is 1. The lowest BCUT2D eigenvalue weighted by Gasteiger charge is -2.06. The van der Waals surface area contributed by atoms with Gasteiger partial charge in [-0.3, -0.25) is 4.79 Å². The number of ether oxygens (including phenoxy) is 1. The highest BCUT2D eigenvalue weighted by Gasteiger charge is 2.17. The number of aromatic nitrogens is 2. The fraction of sp³-hybridized carbons (Fsp3) is 0.250. The maximum absolute atomic E-state index is 12.4. The number of rotatable bonds is 3. The molecule has 0 spiro atoms. The molecule has 108 valence electrons. The number of hydrogen-bond acceptors (Lipinski definition) is 4. The van der Waals surface area contributed by atoms with Gasteiger partial charge in [-0.05, 0) is 31.0 Å². The largest absolute Gasteiger partial charge is 0.497 e. The molecule has 0 saturated heterocycles. The van der Waals surface area contributed by atoms with Crippen LogP contribution in [0.25, 0.3) is 21.3 Å². The Morgan fingerprint density at radius 3 is 2.90 bits per heavy atom. The molecule has 5 heteroatoms. The molecule has 0 amide bonds. The Morgan fingerprint density at radius 1 is 1.38 bits per heavy atom. The van der Waals surface area contributed by atoms with Crippen LogP contribution in [-0.2, 0) is 6.42 Å². The Labute approximate surface area is 126 Å². The maximum atomic E-state index is 12.4. The fourth-order valence-corrected chi connectivity index (χ4v) is 3.67. The van der Waals surface area contributed by atoms with Gasteiger partial charge >= 0.3 is 0 Å². The Bertz CT molecular complexity index is 864. The number of aryl methyl sites for hydroxylation is 2. The molecule has 3 aromatic rings. The molecule has 4 nitrogen and oxygen atoms in total. The van der Waals surface area contributed by atoms with E-state index in [0.29, 0.717) is 11.2 Å². The summed E-state index contributed by atoms with van der Waals surface area (Å²) in [6.07, 6.45) is 0.867. The van der Waals surface area contributed by atoms with Gasteiger partial charge in [0, 0.05) is 10.4 Å². The number of nitrogens with one attached hydrogen (secondary N) is 1. The van der Waals surface area contributed by atoms with Gasteiger partial charge in [-0.2, -0.15) is 0 Å². The van der Waals surface area contributed by atoms with E-state index in [2.05, 4.69) is 16.9 Å². The molecule has 3 rings (SSSR count). The monoisotopic (exact) mass is 300 g/mol. The van der Waals surface area contributed by atoms with Gasteiger partial charge in [-0.25, -0.2) is 4.98 Å². The molecule has 0 unspecified atom stereocenters. The fourth-order valence-electron chi connectivity index (χ4n) is 2.49. The molecule has 2 aromatic heterocycles. The molecule has 0 atom stereocenters. The average Bonchev–Trinajstić information content (AvgIpc) is 2.86. The number of methoxy groups -OCH3 is 1. The number of aromatic amines is 1. The third-order valence-corrected chi connectivity index (χ3v) is 4.66. The van der Waals surface area contributed by atoms with E-state index >= 15 is 0 Å². The van der Waals surface area contributed by atoms with Gasteiger partial charge in [0.25, 0.3) is 5.56 Å². The van der Waals surface area contributed by atoms with Crippen LogP contribution in [-0.4, -0.2) is 17.1 Å². The molecule has 1 aromatic carbocycles. The average molecular weight is 300 g/mol. The molecule has 0 bridgehead atoms. The van der Waals surface area contributed by atoms with Crippen molar-refractivity contribution in [3.8, 4) is 16.9 Å². The van der Waals surface area contributed by atoms with Crippen molar-refractivity contribution in [1.29, 1.82) is 0 Å². The lowest BCUT2D eigenvalue weighted by molar-refractivity contribution is 0.415. The van der Waals surface area contributed by atoms with E-state index < -0.39 is 0 Å². The van der Waals surface area contributed by atoms with Crippen molar-refractivity contribution in [2.75, 3.05) is 7.11 Å². The first kappa shape index (κ1) is 13.8. The molecule has 0 radical (unpaired) electrons. The van der Waals surface area contributed by atoms with Crippen LogP contribution in [0.1, 0.15) is 17.6 Å². The molecule has 0 fully saturated rings. The van der Waals surface area contributed by atoms with Crippen molar-refractivity contribution < 1.29 is 4.74 Å². The normalized spacial score (nSPS) is 11.0. The van der Waals surface area contributed by atoms with Gasteiger partial charge in [0.05, 0.1) is 12.5 Å². The van der Waals surface area contributed by atoms with E-state index in [9.17, 15) is 4.79 Å². The predicted molar refractivity (Wildman–Crippen MR) is 86.3 cm³/mol. The van der Waals surface area contributed by atoms with Crippen LogP contribution >= 0.6 is 11.3 Å². The van der Waals surface area contributed by atoms with Crippen LogP contribution in [0.5, 0.6) is 5.75 Å². The summed E-state index contributed by atoms with van der Waals surface area (Å²) in [5, 5.41) is 0.677. The highest BCUT2D eigenvalue weighted by molar-refractivity contribution is 7.19. The van der Waals surface area contributed by atoms with Crippen LogP contribution < -0.4 is 10.3 Å². The first-order valence-electron chi connectivity index (χ1n) is 6.80. The smallest absolute Gasteiger partial charge is 0.260 e. The molecule has 0 aliphatic rings. The second-order valence-electron chi connectivity index (χ2n) is 4.82. The van der Waals surface area contributed by atoms with Gasteiger partial charge in [-0.1, -0.05) is 19.1 Å². The second-order valence-corrected chi connectivity index (χ2v) is 5.90. The van der Waals surface area contributed by atoms with E-state index in [-0.39, 0.29) is 5.56 Å². The maximum Gasteiger partial charge on any atom is 0.260 e. The van der Waals surface area contributed by atoms with E-state index in [1.807, 2.05) is 24.3 Å². The predicted octanol–water partition coefficient (Wildman–Crippen LogP) is 3.53. The zero-order chi connectivity index (χ0) is 15.0. The van der Waals surface area contributed by atoms with Gasteiger partial charge in [0.15, 0.2) is 0 Å². The third-order valence-electron chi connectivity index (χ3n) is 3.43. The van der Waals surface area contributed by atoms with Crippen LogP contribution in [0, 0.1) is 6.92 Å². The highest BCUT2D eigenvalue weighted by Crippen LogP contribution is 2.37. The van der Waals surface area contributed by atoms with E-state index in [4.69, 9.17) is 4.74 Å². The van der Waals surface area contributed by atoms with Crippen molar-refractivity contribution in [1.82, 2.24) is 9.97 Å². The summed E-state index contributed by atoms with van der Waals surface area (Å²) in [5.41, 5.74) is 1.89. The minimum Gasteiger partial charge on any atom is -0.497 e. The Hall–Kier alpha value is -2.14. The highest BCUT2D eigenvalue weighted by atomic mass is 32.1. The number of thiophene rings is 1. The number of benzene rings is 1. The van der Waals surface area contributed by atoms with Gasteiger partial charge in [0.1, 0.15) is 16.4 Å². The molecule has 0 aliphatic heterocycles. The first-order chi connectivity index (χ1) is 10.1. The number of fused-ring (bicyclic) bond motifs is 1. The zero-order valence-corrected chi connectivity index (χ0v) is 13.0. The first-order valence-corrected chi connectivity index (χ1v) is 7.62. The minimum absolute atomic E-state index is 0.0775. The van der Waals surface area contributed by atoms with Crippen molar-refractivity contribution in [2.45, 2.75) is 20.3 Å².